The Hall–Kier alpha value is -6.14. The second kappa shape index (κ2) is 10.6. The quantitative estimate of drug-likeness (QED) is 0.200. The molecule has 210 valence electrons. The third-order valence-electron chi connectivity index (χ3n) is 7.70. The summed E-state index contributed by atoms with van der Waals surface area (Å²) in [5.41, 5.74) is 17.0. The van der Waals surface area contributed by atoms with Crippen LogP contribution in [0.5, 0.6) is 0 Å². The van der Waals surface area contributed by atoms with Gasteiger partial charge in [-0.1, -0.05) is 48.5 Å². The van der Waals surface area contributed by atoms with Gasteiger partial charge in [0.25, 0.3) is 0 Å². The van der Waals surface area contributed by atoms with Crippen LogP contribution in [-0.4, -0.2) is 9.97 Å². The van der Waals surface area contributed by atoms with Gasteiger partial charge in [-0.25, -0.2) is 9.97 Å². The fourth-order valence-corrected chi connectivity index (χ4v) is 5.42. The van der Waals surface area contributed by atoms with E-state index in [1.165, 1.54) is 0 Å². The van der Waals surface area contributed by atoms with Crippen molar-refractivity contribution >= 4 is 44.9 Å². The number of nitrogens with two attached hydrogens (primary N) is 1. The van der Waals surface area contributed by atoms with Crippen molar-refractivity contribution < 1.29 is 8.83 Å². The largest absolute Gasteiger partial charge is 0.436 e. The predicted octanol–water partition coefficient (Wildman–Crippen LogP) is 10.0. The van der Waals surface area contributed by atoms with Gasteiger partial charge in [0.15, 0.2) is 11.2 Å². The molecule has 8 aromatic rings. The summed E-state index contributed by atoms with van der Waals surface area (Å²) in [4.78, 5) is 11.6. The average molecular weight is 571 g/mol. The number of hydrogen-bond donors (Lipinski definition) is 1. The Morgan fingerprint density at radius 3 is 1.18 bits per heavy atom. The van der Waals surface area contributed by atoms with Crippen LogP contribution < -0.4 is 10.6 Å². The molecule has 0 unspecified atom stereocenters. The van der Waals surface area contributed by atoms with Gasteiger partial charge in [-0.2, -0.15) is 0 Å². The van der Waals surface area contributed by atoms with Crippen LogP contribution in [0.4, 0.5) is 22.7 Å². The molecule has 0 atom stereocenters. The molecular weight excluding hydrogens is 544 g/mol. The molecule has 0 amide bonds. The molecule has 0 aliphatic rings. The van der Waals surface area contributed by atoms with Crippen molar-refractivity contribution in [3.05, 3.63) is 146 Å². The van der Waals surface area contributed by atoms with E-state index in [9.17, 15) is 0 Å². The van der Waals surface area contributed by atoms with Crippen LogP contribution in [0, 0.1) is 0 Å². The number of fused-ring (bicyclic) bond motifs is 2. The SMILES string of the molecule is Nc1ccc(-c2ccc(N(c3ccc(-c4nc5ccccc5o4)cc3)c3ccc(-c4nc5ccccc5o4)cc3)cc2)cc1. The van der Waals surface area contributed by atoms with E-state index in [1.807, 2.05) is 97.1 Å². The van der Waals surface area contributed by atoms with Gasteiger partial charge in [0.2, 0.25) is 11.8 Å². The van der Waals surface area contributed by atoms with Gasteiger partial charge in [-0.05, 0) is 108 Å². The fourth-order valence-electron chi connectivity index (χ4n) is 5.42. The molecule has 6 aromatic carbocycles. The Morgan fingerprint density at radius 1 is 0.409 bits per heavy atom. The minimum absolute atomic E-state index is 0.597. The highest BCUT2D eigenvalue weighted by Crippen LogP contribution is 2.38. The Labute approximate surface area is 253 Å². The lowest BCUT2D eigenvalue weighted by Crippen LogP contribution is -2.09. The predicted molar refractivity (Wildman–Crippen MR) is 177 cm³/mol. The molecule has 0 spiro atoms. The van der Waals surface area contributed by atoms with E-state index < -0.39 is 0 Å². The normalized spacial score (nSPS) is 11.3. The molecule has 0 aliphatic heterocycles. The molecule has 2 heterocycles. The van der Waals surface area contributed by atoms with Gasteiger partial charge >= 0.3 is 0 Å². The number of hydrogen-bond acceptors (Lipinski definition) is 6. The second-order valence-electron chi connectivity index (χ2n) is 10.6. The van der Waals surface area contributed by atoms with Crippen molar-refractivity contribution in [1.82, 2.24) is 9.97 Å². The van der Waals surface area contributed by atoms with Crippen molar-refractivity contribution in [2.24, 2.45) is 0 Å². The van der Waals surface area contributed by atoms with E-state index in [-0.39, 0.29) is 0 Å². The number of anilines is 4. The zero-order valence-corrected chi connectivity index (χ0v) is 23.6. The van der Waals surface area contributed by atoms with Gasteiger partial charge in [0.05, 0.1) is 0 Å². The van der Waals surface area contributed by atoms with E-state index in [4.69, 9.17) is 14.6 Å². The monoisotopic (exact) mass is 570 g/mol. The number of oxazole rings is 2. The Balaban J connectivity index is 1.16. The molecule has 0 bridgehead atoms. The maximum Gasteiger partial charge on any atom is 0.227 e. The topological polar surface area (TPSA) is 81.3 Å². The zero-order chi connectivity index (χ0) is 29.5. The summed E-state index contributed by atoms with van der Waals surface area (Å²) in [6.07, 6.45) is 0. The molecule has 2 N–H and O–H groups in total. The van der Waals surface area contributed by atoms with Crippen LogP contribution in [0.1, 0.15) is 0 Å². The van der Waals surface area contributed by atoms with Crippen LogP contribution >= 0.6 is 0 Å². The lowest BCUT2D eigenvalue weighted by Gasteiger charge is -2.26. The third kappa shape index (κ3) is 4.74. The molecule has 2 aromatic heterocycles. The number of nitrogen functional groups attached to an aromatic ring is 1. The first-order valence-corrected chi connectivity index (χ1v) is 14.4. The summed E-state index contributed by atoms with van der Waals surface area (Å²) >= 11 is 0. The van der Waals surface area contributed by atoms with Crippen LogP contribution in [0.15, 0.2) is 154 Å². The van der Waals surface area contributed by atoms with Crippen LogP contribution in [0.25, 0.3) is 56.2 Å². The van der Waals surface area contributed by atoms with Crippen LogP contribution in [0.3, 0.4) is 0 Å². The summed E-state index contributed by atoms with van der Waals surface area (Å²) < 4.78 is 12.0. The summed E-state index contributed by atoms with van der Waals surface area (Å²) in [5.74, 6) is 1.19. The van der Waals surface area contributed by atoms with Gasteiger partial charge in [-0.3, -0.25) is 0 Å². The van der Waals surface area contributed by atoms with Crippen molar-refractivity contribution in [3.8, 4) is 34.0 Å². The Kier molecular flexibility index (Phi) is 6.16. The number of nitrogens with zero attached hydrogens (tertiary/aromatic N) is 3. The molecule has 0 radical (unpaired) electrons. The van der Waals surface area contributed by atoms with Crippen molar-refractivity contribution in [3.63, 3.8) is 0 Å². The van der Waals surface area contributed by atoms with Gasteiger partial charge in [-0.15, -0.1) is 0 Å². The molecular formula is C38H26N4O2. The van der Waals surface area contributed by atoms with E-state index >= 15 is 0 Å². The average Bonchev–Trinajstić information content (AvgIpc) is 3.71. The minimum Gasteiger partial charge on any atom is -0.436 e. The third-order valence-corrected chi connectivity index (χ3v) is 7.70. The first kappa shape index (κ1) is 25.6. The second-order valence-corrected chi connectivity index (χ2v) is 10.6. The highest BCUT2D eigenvalue weighted by molar-refractivity contribution is 5.82. The number of para-hydroxylation sites is 4. The van der Waals surface area contributed by atoms with E-state index in [2.05, 4.69) is 63.4 Å². The molecule has 0 saturated heterocycles. The maximum atomic E-state index is 6.02. The molecule has 44 heavy (non-hydrogen) atoms. The van der Waals surface area contributed by atoms with Gasteiger partial charge in [0.1, 0.15) is 11.0 Å². The summed E-state index contributed by atoms with van der Waals surface area (Å²) in [7, 11) is 0. The summed E-state index contributed by atoms with van der Waals surface area (Å²) in [6.45, 7) is 0. The zero-order valence-electron chi connectivity index (χ0n) is 23.6. The summed E-state index contributed by atoms with van der Waals surface area (Å²) in [5, 5.41) is 0. The number of benzene rings is 6. The standard InChI is InChI=1S/C38H26N4O2/c39-29-17-9-25(10-18-29)26-11-19-30(20-12-26)42(31-21-13-27(14-22-31)37-40-33-5-1-3-7-35(33)43-37)32-23-15-28(16-24-32)38-41-34-6-2-4-8-36(34)44-38/h1-24H,39H2. The van der Waals surface area contributed by atoms with Gasteiger partial charge < -0.3 is 19.5 Å². The lowest BCUT2D eigenvalue weighted by atomic mass is 10.0. The summed E-state index contributed by atoms with van der Waals surface area (Å²) in [6, 6.07) is 48.6. The Morgan fingerprint density at radius 2 is 0.773 bits per heavy atom. The molecule has 8 rings (SSSR count). The van der Waals surface area contributed by atoms with E-state index in [0.717, 1.165) is 67.2 Å². The van der Waals surface area contributed by atoms with Crippen LogP contribution in [-0.2, 0) is 0 Å². The lowest BCUT2D eigenvalue weighted by molar-refractivity contribution is 0.619. The highest BCUT2D eigenvalue weighted by Gasteiger charge is 2.16. The minimum atomic E-state index is 0.597. The maximum absolute atomic E-state index is 6.02. The van der Waals surface area contributed by atoms with Crippen molar-refractivity contribution in [2.75, 3.05) is 10.6 Å². The van der Waals surface area contributed by atoms with E-state index in [0.29, 0.717) is 11.8 Å². The molecule has 6 heteroatoms. The first-order chi connectivity index (χ1) is 21.7. The van der Waals surface area contributed by atoms with E-state index in [1.54, 1.807) is 0 Å². The Bertz CT molecular complexity index is 2030. The highest BCUT2D eigenvalue weighted by atomic mass is 16.4. The smallest absolute Gasteiger partial charge is 0.227 e. The van der Waals surface area contributed by atoms with Crippen molar-refractivity contribution in [2.45, 2.75) is 0 Å². The molecule has 0 saturated carbocycles. The van der Waals surface area contributed by atoms with Crippen LogP contribution in [0.2, 0.25) is 0 Å². The molecule has 6 nitrogen and oxygen atoms in total. The number of rotatable bonds is 6. The number of aromatic nitrogens is 2. The van der Waals surface area contributed by atoms with Crippen molar-refractivity contribution in [1.29, 1.82) is 0 Å². The molecule has 0 aliphatic carbocycles. The first-order valence-electron chi connectivity index (χ1n) is 14.4. The van der Waals surface area contributed by atoms with Gasteiger partial charge in [0, 0.05) is 33.9 Å². The fraction of sp³-hybridized carbons (Fsp3) is 0. The molecule has 0 fully saturated rings.